The van der Waals surface area contributed by atoms with E-state index >= 15 is 0 Å². The lowest BCUT2D eigenvalue weighted by Crippen LogP contribution is -2.39. The average molecular weight is 284 g/mol. The molecule has 0 saturated heterocycles. The van der Waals surface area contributed by atoms with Crippen LogP contribution in [0.4, 0.5) is 0 Å². The van der Waals surface area contributed by atoms with Gasteiger partial charge in [0.2, 0.25) is 5.91 Å². The van der Waals surface area contributed by atoms with Gasteiger partial charge in [0.15, 0.2) is 0 Å². The Hall–Kier alpha value is -0.610. The van der Waals surface area contributed by atoms with Crippen LogP contribution in [0.15, 0.2) is 0 Å². The molecule has 1 aliphatic rings. The molecular weight excluding hydrogens is 252 g/mol. The fourth-order valence-corrected chi connectivity index (χ4v) is 2.98. The number of carbonyl (C=O) groups is 1. The third kappa shape index (κ3) is 7.25. The lowest BCUT2D eigenvalue weighted by atomic mass is 9.83. The highest BCUT2D eigenvalue weighted by Crippen LogP contribution is 2.27. The maximum absolute atomic E-state index is 11.5. The fourth-order valence-electron chi connectivity index (χ4n) is 2.98. The molecule has 1 aliphatic carbocycles. The van der Waals surface area contributed by atoms with Crippen molar-refractivity contribution >= 4 is 5.91 Å². The molecule has 20 heavy (non-hydrogen) atoms. The number of rotatable bonds is 8. The third-order valence-electron chi connectivity index (χ3n) is 4.18. The fraction of sp³-hybridized carbons (Fsp3) is 0.938. The second-order valence-corrected chi connectivity index (χ2v) is 6.71. The van der Waals surface area contributed by atoms with E-state index in [1.807, 2.05) is 13.8 Å². The Balaban J connectivity index is 2.14. The summed E-state index contributed by atoms with van der Waals surface area (Å²) in [6, 6.07) is -0.153. The molecule has 1 saturated carbocycles. The molecule has 1 amide bonds. The van der Waals surface area contributed by atoms with Crippen LogP contribution in [0.1, 0.15) is 65.2 Å². The van der Waals surface area contributed by atoms with Gasteiger partial charge in [-0.1, -0.05) is 46.0 Å². The highest BCUT2D eigenvalue weighted by molar-refractivity contribution is 5.75. The standard InChI is InChI=1S/C16H32N2O2/c1-12(2)10-16(20)18-9-8-15(19)14(17)11-13-6-4-3-5-7-13/h12-15,19H,3-11,17H2,1-2H3,(H,18,20). The average Bonchev–Trinajstić information content (AvgIpc) is 2.38. The molecule has 0 heterocycles. The molecule has 1 fully saturated rings. The summed E-state index contributed by atoms with van der Waals surface area (Å²) >= 11 is 0. The SMILES string of the molecule is CC(C)CC(=O)NCCC(O)C(N)CC1CCCCC1. The third-order valence-corrected chi connectivity index (χ3v) is 4.18. The molecule has 0 aromatic heterocycles. The maximum atomic E-state index is 11.5. The van der Waals surface area contributed by atoms with E-state index in [1.165, 1.54) is 32.1 Å². The van der Waals surface area contributed by atoms with E-state index < -0.39 is 6.10 Å². The summed E-state index contributed by atoms with van der Waals surface area (Å²) in [5, 5.41) is 12.9. The summed E-state index contributed by atoms with van der Waals surface area (Å²) < 4.78 is 0. The Labute approximate surface area is 123 Å². The number of aliphatic hydroxyl groups is 1. The van der Waals surface area contributed by atoms with Gasteiger partial charge in [0.25, 0.3) is 0 Å². The van der Waals surface area contributed by atoms with Crippen molar-refractivity contribution in [1.29, 1.82) is 0 Å². The molecule has 0 aliphatic heterocycles. The van der Waals surface area contributed by atoms with Crippen molar-refractivity contribution in [2.24, 2.45) is 17.6 Å². The second kappa shape index (κ2) is 9.35. The zero-order chi connectivity index (χ0) is 15.0. The van der Waals surface area contributed by atoms with Crippen LogP contribution >= 0.6 is 0 Å². The van der Waals surface area contributed by atoms with E-state index in [2.05, 4.69) is 5.32 Å². The number of hydrogen-bond acceptors (Lipinski definition) is 3. The van der Waals surface area contributed by atoms with Gasteiger partial charge in [-0.05, 0) is 24.7 Å². The van der Waals surface area contributed by atoms with E-state index in [0.717, 1.165) is 6.42 Å². The first-order valence-electron chi connectivity index (χ1n) is 8.19. The molecule has 0 spiro atoms. The van der Waals surface area contributed by atoms with Crippen molar-refractivity contribution in [1.82, 2.24) is 5.32 Å². The van der Waals surface area contributed by atoms with Crippen LogP contribution < -0.4 is 11.1 Å². The molecule has 2 atom stereocenters. The molecule has 1 rings (SSSR count). The summed E-state index contributed by atoms with van der Waals surface area (Å²) in [7, 11) is 0. The topological polar surface area (TPSA) is 75.3 Å². The van der Waals surface area contributed by atoms with Gasteiger partial charge in [-0.3, -0.25) is 4.79 Å². The first-order chi connectivity index (χ1) is 9.49. The van der Waals surface area contributed by atoms with Crippen LogP contribution in [-0.4, -0.2) is 29.7 Å². The first kappa shape index (κ1) is 17.4. The summed E-state index contributed by atoms with van der Waals surface area (Å²) in [6.45, 7) is 4.56. The summed E-state index contributed by atoms with van der Waals surface area (Å²) in [5.74, 6) is 1.12. The summed E-state index contributed by atoms with van der Waals surface area (Å²) in [4.78, 5) is 11.5. The molecule has 4 nitrogen and oxygen atoms in total. The van der Waals surface area contributed by atoms with Crippen LogP contribution in [0.2, 0.25) is 0 Å². The van der Waals surface area contributed by atoms with E-state index in [4.69, 9.17) is 5.73 Å². The molecule has 2 unspecified atom stereocenters. The van der Waals surface area contributed by atoms with E-state index in [1.54, 1.807) is 0 Å². The van der Waals surface area contributed by atoms with Gasteiger partial charge in [0.1, 0.15) is 0 Å². The minimum Gasteiger partial charge on any atom is -0.391 e. The molecule has 0 aromatic carbocycles. The predicted molar refractivity (Wildman–Crippen MR) is 82.3 cm³/mol. The van der Waals surface area contributed by atoms with Crippen molar-refractivity contribution in [3.8, 4) is 0 Å². The van der Waals surface area contributed by atoms with Gasteiger partial charge in [-0.25, -0.2) is 0 Å². The molecule has 0 aromatic rings. The predicted octanol–water partition coefficient (Wildman–Crippen LogP) is 2.20. The number of aliphatic hydroxyl groups excluding tert-OH is 1. The van der Waals surface area contributed by atoms with Gasteiger partial charge in [-0.2, -0.15) is 0 Å². The quantitative estimate of drug-likeness (QED) is 0.639. The number of hydrogen-bond donors (Lipinski definition) is 3. The highest BCUT2D eigenvalue weighted by atomic mass is 16.3. The number of carbonyl (C=O) groups excluding carboxylic acids is 1. The van der Waals surface area contributed by atoms with Crippen molar-refractivity contribution in [2.45, 2.75) is 77.4 Å². The molecule has 4 N–H and O–H groups in total. The lowest BCUT2D eigenvalue weighted by molar-refractivity contribution is -0.121. The molecule has 118 valence electrons. The van der Waals surface area contributed by atoms with Crippen LogP contribution in [-0.2, 0) is 4.79 Å². The van der Waals surface area contributed by atoms with Crippen molar-refractivity contribution in [2.75, 3.05) is 6.54 Å². The van der Waals surface area contributed by atoms with E-state index in [9.17, 15) is 9.90 Å². The van der Waals surface area contributed by atoms with Crippen molar-refractivity contribution < 1.29 is 9.90 Å². The van der Waals surface area contributed by atoms with Crippen LogP contribution in [0.25, 0.3) is 0 Å². The van der Waals surface area contributed by atoms with Gasteiger partial charge in [-0.15, -0.1) is 0 Å². The largest absolute Gasteiger partial charge is 0.391 e. The number of nitrogens with one attached hydrogen (secondary N) is 1. The Morgan fingerprint density at radius 3 is 2.55 bits per heavy atom. The van der Waals surface area contributed by atoms with Gasteiger partial charge >= 0.3 is 0 Å². The first-order valence-corrected chi connectivity index (χ1v) is 8.19. The highest BCUT2D eigenvalue weighted by Gasteiger charge is 2.21. The van der Waals surface area contributed by atoms with Crippen LogP contribution in [0.3, 0.4) is 0 Å². The molecular formula is C16H32N2O2. The summed E-state index contributed by atoms with van der Waals surface area (Å²) in [5.41, 5.74) is 6.08. The zero-order valence-corrected chi connectivity index (χ0v) is 13.1. The Kier molecular flexibility index (Phi) is 8.15. The van der Waals surface area contributed by atoms with Crippen molar-refractivity contribution in [3.05, 3.63) is 0 Å². The van der Waals surface area contributed by atoms with Gasteiger partial charge in [0, 0.05) is 19.0 Å². The van der Waals surface area contributed by atoms with Crippen LogP contribution in [0, 0.1) is 11.8 Å². The molecule has 0 bridgehead atoms. The monoisotopic (exact) mass is 284 g/mol. The minimum absolute atomic E-state index is 0.0630. The second-order valence-electron chi connectivity index (χ2n) is 6.71. The van der Waals surface area contributed by atoms with Crippen molar-refractivity contribution in [3.63, 3.8) is 0 Å². The van der Waals surface area contributed by atoms with E-state index in [0.29, 0.717) is 31.2 Å². The Bertz CT molecular complexity index is 276. The maximum Gasteiger partial charge on any atom is 0.220 e. The number of nitrogens with two attached hydrogens (primary N) is 1. The molecule has 0 radical (unpaired) electrons. The van der Waals surface area contributed by atoms with E-state index in [-0.39, 0.29) is 11.9 Å². The minimum atomic E-state index is -0.503. The summed E-state index contributed by atoms with van der Waals surface area (Å²) in [6.07, 6.45) is 7.98. The number of amides is 1. The van der Waals surface area contributed by atoms with Crippen LogP contribution in [0.5, 0.6) is 0 Å². The Morgan fingerprint density at radius 2 is 1.95 bits per heavy atom. The molecule has 4 heteroatoms. The van der Waals surface area contributed by atoms with Gasteiger partial charge < -0.3 is 16.2 Å². The lowest BCUT2D eigenvalue weighted by Gasteiger charge is -2.27. The van der Waals surface area contributed by atoms with Gasteiger partial charge in [0.05, 0.1) is 6.10 Å². The smallest absolute Gasteiger partial charge is 0.220 e. The normalized spacial score (nSPS) is 19.9. The Morgan fingerprint density at radius 1 is 1.30 bits per heavy atom. The zero-order valence-electron chi connectivity index (χ0n) is 13.1.